The minimum atomic E-state index is 0.600. The maximum atomic E-state index is 5.18. The van der Waals surface area contributed by atoms with Gasteiger partial charge in [-0.25, -0.2) is 0 Å². The van der Waals surface area contributed by atoms with Crippen molar-refractivity contribution in [3.05, 3.63) is 41.5 Å². The summed E-state index contributed by atoms with van der Waals surface area (Å²) in [7, 11) is 3.94. The number of aryl methyl sites for hydroxylation is 2. The summed E-state index contributed by atoms with van der Waals surface area (Å²) in [5.41, 5.74) is 4.55. The number of rotatable bonds is 7. The molecule has 1 aromatic heterocycles. The topological polar surface area (TPSA) is 46.4 Å². The van der Waals surface area contributed by atoms with Crippen LogP contribution < -0.4 is 4.90 Å². The van der Waals surface area contributed by atoms with E-state index in [1.807, 2.05) is 0 Å². The third-order valence-corrected chi connectivity index (χ3v) is 6.16. The Morgan fingerprint density at radius 2 is 2.00 bits per heavy atom. The van der Waals surface area contributed by atoms with Gasteiger partial charge in [0, 0.05) is 38.5 Å². The van der Waals surface area contributed by atoms with E-state index < -0.39 is 0 Å². The molecule has 2 aromatic rings. The van der Waals surface area contributed by atoms with Gasteiger partial charge in [0.1, 0.15) is 12.2 Å². The predicted molar refractivity (Wildman–Crippen MR) is 107 cm³/mol. The van der Waals surface area contributed by atoms with Crippen LogP contribution in [0.15, 0.2) is 24.5 Å². The van der Waals surface area contributed by atoms with Crippen LogP contribution in [0, 0.1) is 0 Å². The first-order valence-corrected chi connectivity index (χ1v) is 10.2. The standard InChI is InChI=1S/C21H31N5O/c1-24(15-21-23-22-16-26(21)12-13-27-2)19-8-10-25(11-9-19)20-7-6-17-4-3-5-18(17)14-20/h6-7,14,16,19H,3-5,8-13,15H2,1-2H3. The van der Waals surface area contributed by atoms with E-state index in [9.17, 15) is 0 Å². The van der Waals surface area contributed by atoms with Gasteiger partial charge in [0.25, 0.3) is 0 Å². The molecule has 0 unspecified atom stereocenters. The lowest BCUT2D eigenvalue weighted by atomic mass is 10.0. The average Bonchev–Trinajstić information content (AvgIpc) is 3.35. The van der Waals surface area contributed by atoms with E-state index in [0.717, 1.165) is 32.0 Å². The highest BCUT2D eigenvalue weighted by atomic mass is 16.5. The summed E-state index contributed by atoms with van der Waals surface area (Å²) >= 11 is 0. The van der Waals surface area contributed by atoms with Crippen molar-refractivity contribution >= 4 is 5.69 Å². The number of benzene rings is 1. The van der Waals surface area contributed by atoms with Crippen LogP contribution in [0.5, 0.6) is 0 Å². The van der Waals surface area contributed by atoms with Crippen LogP contribution in [0.25, 0.3) is 0 Å². The maximum absolute atomic E-state index is 5.18. The Morgan fingerprint density at radius 3 is 2.81 bits per heavy atom. The number of fused-ring (bicyclic) bond motifs is 1. The third-order valence-electron chi connectivity index (χ3n) is 6.16. The Hall–Kier alpha value is -1.92. The van der Waals surface area contributed by atoms with Crippen molar-refractivity contribution in [1.29, 1.82) is 0 Å². The van der Waals surface area contributed by atoms with Crippen LogP contribution in [0.2, 0.25) is 0 Å². The van der Waals surface area contributed by atoms with Gasteiger partial charge in [0.05, 0.1) is 13.2 Å². The summed E-state index contributed by atoms with van der Waals surface area (Å²) < 4.78 is 7.27. The zero-order valence-corrected chi connectivity index (χ0v) is 16.6. The molecule has 1 saturated heterocycles. The summed E-state index contributed by atoms with van der Waals surface area (Å²) in [6.07, 6.45) is 8.03. The number of piperidine rings is 1. The van der Waals surface area contributed by atoms with Crippen molar-refractivity contribution in [2.45, 2.75) is 51.2 Å². The lowest BCUT2D eigenvalue weighted by Crippen LogP contribution is -2.43. The lowest BCUT2D eigenvalue weighted by molar-refractivity contribution is 0.176. The Labute approximate surface area is 162 Å². The molecule has 0 bridgehead atoms. The molecule has 0 radical (unpaired) electrons. The Morgan fingerprint density at radius 1 is 1.19 bits per heavy atom. The Balaban J connectivity index is 1.32. The quantitative estimate of drug-likeness (QED) is 0.750. The van der Waals surface area contributed by atoms with Gasteiger partial charge in [-0.2, -0.15) is 0 Å². The minimum Gasteiger partial charge on any atom is -0.383 e. The molecule has 4 rings (SSSR count). The summed E-state index contributed by atoms with van der Waals surface area (Å²) in [5.74, 6) is 1.02. The first kappa shape index (κ1) is 18.4. The van der Waals surface area contributed by atoms with E-state index in [4.69, 9.17) is 4.74 Å². The third kappa shape index (κ3) is 4.17. The molecule has 6 heteroatoms. The highest BCUT2D eigenvalue weighted by molar-refractivity contribution is 5.52. The first-order valence-electron chi connectivity index (χ1n) is 10.2. The van der Waals surface area contributed by atoms with Crippen LogP contribution in [-0.4, -0.2) is 59.6 Å². The highest BCUT2D eigenvalue weighted by Gasteiger charge is 2.24. The van der Waals surface area contributed by atoms with E-state index in [0.29, 0.717) is 12.6 Å². The smallest absolute Gasteiger partial charge is 0.147 e. The van der Waals surface area contributed by atoms with E-state index in [1.54, 1.807) is 24.6 Å². The van der Waals surface area contributed by atoms with Crippen molar-refractivity contribution in [3.8, 4) is 0 Å². The van der Waals surface area contributed by atoms with Crippen LogP contribution in [-0.2, 0) is 30.7 Å². The summed E-state index contributed by atoms with van der Waals surface area (Å²) in [4.78, 5) is 5.00. The lowest BCUT2D eigenvalue weighted by Gasteiger charge is -2.38. The summed E-state index contributed by atoms with van der Waals surface area (Å²) in [6, 6.07) is 7.71. The van der Waals surface area contributed by atoms with Crippen molar-refractivity contribution in [2.75, 3.05) is 38.8 Å². The van der Waals surface area contributed by atoms with Gasteiger partial charge in [-0.05, 0) is 62.4 Å². The monoisotopic (exact) mass is 369 g/mol. The van der Waals surface area contributed by atoms with E-state index in [2.05, 4.69) is 49.8 Å². The fraction of sp³-hybridized carbons (Fsp3) is 0.619. The molecule has 146 valence electrons. The molecule has 6 nitrogen and oxygen atoms in total. The molecule has 0 atom stereocenters. The van der Waals surface area contributed by atoms with E-state index in [1.165, 1.54) is 37.8 Å². The molecule has 1 aliphatic heterocycles. The largest absolute Gasteiger partial charge is 0.383 e. The second kappa shape index (κ2) is 8.40. The summed E-state index contributed by atoms with van der Waals surface area (Å²) in [6.45, 7) is 4.60. The molecule has 27 heavy (non-hydrogen) atoms. The second-order valence-corrected chi connectivity index (χ2v) is 7.87. The van der Waals surface area contributed by atoms with Gasteiger partial charge < -0.3 is 14.2 Å². The van der Waals surface area contributed by atoms with Crippen molar-refractivity contribution in [2.24, 2.45) is 0 Å². The molecular formula is C21H31N5O. The fourth-order valence-corrected chi connectivity index (χ4v) is 4.45. The Kier molecular flexibility index (Phi) is 5.74. The van der Waals surface area contributed by atoms with E-state index in [-0.39, 0.29) is 0 Å². The van der Waals surface area contributed by atoms with Gasteiger partial charge >= 0.3 is 0 Å². The number of anilines is 1. The molecule has 0 amide bonds. The van der Waals surface area contributed by atoms with Gasteiger partial charge in [-0.3, -0.25) is 4.90 Å². The zero-order chi connectivity index (χ0) is 18.6. The van der Waals surface area contributed by atoms with Crippen LogP contribution in [0.1, 0.15) is 36.2 Å². The zero-order valence-electron chi connectivity index (χ0n) is 16.6. The molecule has 0 N–H and O–H groups in total. The van der Waals surface area contributed by atoms with Crippen molar-refractivity contribution in [3.63, 3.8) is 0 Å². The number of ether oxygens (including phenoxy) is 1. The minimum absolute atomic E-state index is 0.600. The normalized spacial score (nSPS) is 17.7. The molecule has 1 fully saturated rings. The van der Waals surface area contributed by atoms with Gasteiger partial charge in [0.15, 0.2) is 0 Å². The molecule has 0 saturated carbocycles. The van der Waals surface area contributed by atoms with Crippen LogP contribution in [0.3, 0.4) is 0 Å². The number of aromatic nitrogens is 3. The van der Waals surface area contributed by atoms with Gasteiger partial charge in [-0.1, -0.05) is 6.07 Å². The van der Waals surface area contributed by atoms with Crippen molar-refractivity contribution < 1.29 is 4.74 Å². The molecule has 2 aliphatic rings. The number of hydrogen-bond donors (Lipinski definition) is 0. The summed E-state index contributed by atoms with van der Waals surface area (Å²) in [5, 5.41) is 8.38. The molecule has 2 heterocycles. The van der Waals surface area contributed by atoms with Crippen LogP contribution >= 0.6 is 0 Å². The molecule has 1 aromatic carbocycles. The van der Waals surface area contributed by atoms with E-state index >= 15 is 0 Å². The fourth-order valence-electron chi connectivity index (χ4n) is 4.45. The second-order valence-electron chi connectivity index (χ2n) is 7.87. The van der Waals surface area contributed by atoms with Gasteiger partial charge in [0.2, 0.25) is 0 Å². The first-order chi connectivity index (χ1) is 13.2. The Bertz CT molecular complexity index is 751. The van der Waals surface area contributed by atoms with Crippen LogP contribution in [0.4, 0.5) is 5.69 Å². The predicted octanol–water partition coefficient (Wildman–Crippen LogP) is 2.51. The highest BCUT2D eigenvalue weighted by Crippen LogP contribution is 2.29. The average molecular weight is 370 g/mol. The molecular weight excluding hydrogens is 338 g/mol. The van der Waals surface area contributed by atoms with Crippen molar-refractivity contribution in [1.82, 2.24) is 19.7 Å². The molecule has 0 spiro atoms. The number of nitrogens with zero attached hydrogens (tertiary/aromatic N) is 5. The number of methoxy groups -OCH3 is 1. The SMILES string of the molecule is COCCn1cnnc1CN(C)C1CCN(c2ccc3c(c2)CCC3)CC1. The maximum Gasteiger partial charge on any atom is 0.147 e. The number of hydrogen-bond acceptors (Lipinski definition) is 5. The van der Waals surface area contributed by atoms with Gasteiger partial charge in [-0.15, -0.1) is 10.2 Å². The molecule has 1 aliphatic carbocycles.